The van der Waals surface area contributed by atoms with Gasteiger partial charge in [0.2, 0.25) is 10.0 Å². The third kappa shape index (κ3) is 7.28. The van der Waals surface area contributed by atoms with Gasteiger partial charge in [-0.15, -0.1) is 0 Å². The molecular formula is C20H28ClNO4S. The van der Waals surface area contributed by atoms with E-state index in [4.69, 9.17) is 16.7 Å². The lowest BCUT2D eigenvalue weighted by Gasteiger charge is -2.37. The molecule has 1 aromatic carbocycles. The number of sulfonamides is 1. The molecule has 0 saturated heterocycles. The SMILES string of the molecule is O=C(O)CCC=CCC1(CCNS(=O)(=O)c2ccc(Cl)cc2)CCCCC1. The summed E-state index contributed by atoms with van der Waals surface area (Å²) in [5.41, 5.74) is 0.0977. The summed E-state index contributed by atoms with van der Waals surface area (Å²) in [5, 5.41) is 9.21. The van der Waals surface area contributed by atoms with Gasteiger partial charge in [0, 0.05) is 18.0 Å². The normalized spacial score (nSPS) is 17.2. The molecule has 0 aromatic heterocycles. The molecule has 0 unspecified atom stereocenters. The van der Waals surface area contributed by atoms with Crippen molar-refractivity contribution in [2.45, 2.75) is 62.7 Å². The van der Waals surface area contributed by atoms with Gasteiger partial charge in [-0.25, -0.2) is 13.1 Å². The van der Waals surface area contributed by atoms with Crippen molar-refractivity contribution < 1.29 is 18.3 Å². The average Bonchev–Trinajstić information content (AvgIpc) is 2.62. The van der Waals surface area contributed by atoms with Gasteiger partial charge in [-0.1, -0.05) is 43.0 Å². The third-order valence-electron chi connectivity index (χ3n) is 5.23. The fourth-order valence-electron chi connectivity index (χ4n) is 3.66. The van der Waals surface area contributed by atoms with E-state index in [2.05, 4.69) is 10.8 Å². The minimum atomic E-state index is -3.54. The van der Waals surface area contributed by atoms with Crippen LogP contribution in [-0.4, -0.2) is 26.0 Å². The quantitative estimate of drug-likeness (QED) is 0.541. The number of carboxylic acid groups (broad SMARTS) is 1. The summed E-state index contributed by atoms with van der Waals surface area (Å²) in [6.45, 7) is 0.397. The predicted molar refractivity (Wildman–Crippen MR) is 107 cm³/mol. The van der Waals surface area contributed by atoms with E-state index in [1.807, 2.05) is 6.08 Å². The lowest BCUT2D eigenvalue weighted by Crippen LogP contribution is -2.32. The van der Waals surface area contributed by atoms with E-state index in [9.17, 15) is 13.2 Å². The van der Waals surface area contributed by atoms with Gasteiger partial charge in [0.15, 0.2) is 0 Å². The molecule has 150 valence electrons. The number of hydrogen-bond acceptors (Lipinski definition) is 3. The fourth-order valence-corrected chi connectivity index (χ4v) is 4.82. The van der Waals surface area contributed by atoms with Gasteiger partial charge in [0.05, 0.1) is 4.90 Å². The highest BCUT2D eigenvalue weighted by atomic mass is 35.5. The Morgan fingerprint density at radius 1 is 1.15 bits per heavy atom. The molecular weight excluding hydrogens is 386 g/mol. The zero-order valence-corrected chi connectivity index (χ0v) is 17.1. The second kappa shape index (κ2) is 10.2. The van der Waals surface area contributed by atoms with Crippen molar-refractivity contribution in [3.05, 3.63) is 41.4 Å². The van der Waals surface area contributed by atoms with E-state index < -0.39 is 16.0 Å². The molecule has 0 spiro atoms. The number of benzene rings is 1. The Bertz CT molecular complexity index is 738. The van der Waals surface area contributed by atoms with E-state index in [1.54, 1.807) is 12.1 Å². The zero-order valence-electron chi connectivity index (χ0n) is 15.5. The van der Waals surface area contributed by atoms with Gasteiger partial charge in [-0.2, -0.15) is 0 Å². The molecule has 0 atom stereocenters. The number of hydrogen-bond donors (Lipinski definition) is 2. The van der Waals surface area contributed by atoms with Crippen LogP contribution < -0.4 is 4.72 Å². The van der Waals surface area contributed by atoms with Gasteiger partial charge < -0.3 is 5.11 Å². The Balaban J connectivity index is 1.91. The standard InChI is InChI=1S/C20H28ClNO4S/c21-17-8-10-18(11-9-17)27(25,26)22-16-15-20(13-5-2-6-14-20)12-4-1-3-7-19(23)24/h1,4,8-11,22H,2-3,5-7,12-16H2,(H,23,24). The molecule has 2 N–H and O–H groups in total. The Labute approximate surface area is 166 Å². The number of nitrogens with one attached hydrogen (secondary N) is 1. The van der Waals surface area contributed by atoms with Crippen LogP contribution in [0.15, 0.2) is 41.3 Å². The molecule has 27 heavy (non-hydrogen) atoms. The number of carbonyl (C=O) groups is 1. The van der Waals surface area contributed by atoms with Crippen molar-refractivity contribution in [2.24, 2.45) is 5.41 Å². The van der Waals surface area contributed by atoms with Crippen LogP contribution in [0.4, 0.5) is 0 Å². The van der Waals surface area contributed by atoms with Gasteiger partial charge in [-0.05, 0) is 61.8 Å². The minimum absolute atomic E-state index is 0.0977. The van der Waals surface area contributed by atoms with Crippen LogP contribution in [0.25, 0.3) is 0 Å². The highest BCUT2D eigenvalue weighted by molar-refractivity contribution is 7.89. The van der Waals surface area contributed by atoms with Crippen molar-refractivity contribution >= 4 is 27.6 Å². The summed E-state index contributed by atoms with van der Waals surface area (Å²) in [6, 6.07) is 6.15. The number of rotatable bonds is 10. The minimum Gasteiger partial charge on any atom is -0.481 e. The summed E-state index contributed by atoms with van der Waals surface area (Å²) in [5.74, 6) is -0.788. The smallest absolute Gasteiger partial charge is 0.303 e. The van der Waals surface area contributed by atoms with Crippen molar-refractivity contribution in [1.29, 1.82) is 0 Å². The molecule has 7 heteroatoms. The largest absolute Gasteiger partial charge is 0.481 e. The molecule has 0 bridgehead atoms. The number of allylic oxidation sites excluding steroid dienone is 2. The molecule has 2 rings (SSSR count). The maximum Gasteiger partial charge on any atom is 0.303 e. The number of aliphatic carboxylic acids is 1. The van der Waals surface area contributed by atoms with Gasteiger partial charge in [0.1, 0.15) is 0 Å². The highest BCUT2D eigenvalue weighted by Crippen LogP contribution is 2.42. The van der Waals surface area contributed by atoms with Crippen molar-refractivity contribution in [3.63, 3.8) is 0 Å². The summed E-state index contributed by atoms with van der Waals surface area (Å²) < 4.78 is 27.6. The van der Waals surface area contributed by atoms with E-state index in [-0.39, 0.29) is 16.7 Å². The van der Waals surface area contributed by atoms with Gasteiger partial charge in [-0.3, -0.25) is 4.79 Å². The highest BCUT2D eigenvalue weighted by Gasteiger charge is 2.30. The number of carboxylic acids is 1. The lowest BCUT2D eigenvalue weighted by molar-refractivity contribution is -0.136. The Morgan fingerprint density at radius 3 is 2.44 bits per heavy atom. The molecule has 0 radical (unpaired) electrons. The first-order chi connectivity index (χ1) is 12.8. The summed E-state index contributed by atoms with van der Waals surface area (Å²) in [4.78, 5) is 10.8. The molecule has 1 aliphatic carbocycles. The van der Waals surface area contributed by atoms with Crippen molar-refractivity contribution in [1.82, 2.24) is 4.72 Å². The molecule has 1 aromatic rings. The monoisotopic (exact) mass is 413 g/mol. The van der Waals surface area contributed by atoms with E-state index >= 15 is 0 Å². The lowest BCUT2D eigenvalue weighted by atomic mass is 9.69. The van der Waals surface area contributed by atoms with Crippen LogP contribution in [0.3, 0.4) is 0 Å². The van der Waals surface area contributed by atoms with Crippen LogP contribution in [0.2, 0.25) is 5.02 Å². The van der Waals surface area contributed by atoms with Crippen molar-refractivity contribution in [2.75, 3.05) is 6.54 Å². The topological polar surface area (TPSA) is 83.5 Å². The zero-order chi connectivity index (χ0) is 19.8. The van der Waals surface area contributed by atoms with E-state index in [0.717, 1.165) is 38.5 Å². The summed E-state index contributed by atoms with van der Waals surface area (Å²) in [7, 11) is -3.54. The molecule has 1 saturated carbocycles. The molecule has 5 nitrogen and oxygen atoms in total. The predicted octanol–water partition coefficient (Wildman–Crippen LogP) is 4.77. The summed E-state index contributed by atoms with van der Waals surface area (Å²) >= 11 is 5.82. The summed E-state index contributed by atoms with van der Waals surface area (Å²) in [6.07, 6.45) is 12.0. The molecule has 0 heterocycles. The average molecular weight is 414 g/mol. The second-order valence-corrected chi connectivity index (χ2v) is 9.47. The van der Waals surface area contributed by atoms with Crippen LogP contribution >= 0.6 is 11.6 Å². The Morgan fingerprint density at radius 2 is 1.81 bits per heavy atom. The second-order valence-electron chi connectivity index (χ2n) is 7.27. The maximum atomic E-state index is 12.4. The first-order valence-corrected chi connectivity index (χ1v) is 11.3. The Hall–Kier alpha value is -1.37. The molecule has 0 aliphatic heterocycles. The maximum absolute atomic E-state index is 12.4. The Kier molecular flexibility index (Phi) is 8.32. The molecule has 0 amide bonds. The fraction of sp³-hybridized carbons (Fsp3) is 0.550. The number of halogens is 1. The first kappa shape index (κ1) is 21.9. The molecule has 1 fully saturated rings. The molecule has 1 aliphatic rings. The van der Waals surface area contributed by atoms with E-state index in [0.29, 0.717) is 18.0 Å². The van der Waals surface area contributed by atoms with Crippen LogP contribution in [0.1, 0.15) is 57.8 Å². The van der Waals surface area contributed by atoms with Crippen LogP contribution in [0, 0.1) is 5.41 Å². The van der Waals surface area contributed by atoms with Gasteiger partial charge in [0.25, 0.3) is 0 Å². The third-order valence-corrected chi connectivity index (χ3v) is 6.96. The van der Waals surface area contributed by atoms with Crippen LogP contribution in [0.5, 0.6) is 0 Å². The van der Waals surface area contributed by atoms with Crippen LogP contribution in [-0.2, 0) is 14.8 Å². The van der Waals surface area contributed by atoms with Gasteiger partial charge >= 0.3 is 5.97 Å². The van der Waals surface area contributed by atoms with Crippen molar-refractivity contribution in [3.8, 4) is 0 Å². The first-order valence-electron chi connectivity index (χ1n) is 9.45. The van der Waals surface area contributed by atoms with E-state index in [1.165, 1.54) is 18.6 Å².